The van der Waals surface area contributed by atoms with Crippen LogP contribution < -0.4 is 9.47 Å². The zero-order valence-electron chi connectivity index (χ0n) is 21.7. The van der Waals surface area contributed by atoms with Crippen LogP contribution in [0.3, 0.4) is 0 Å². The minimum atomic E-state index is -2.31. The van der Waals surface area contributed by atoms with Crippen molar-refractivity contribution in [2.75, 3.05) is 14.2 Å². The largest absolute Gasteiger partial charge is 0.497 e. The Bertz CT molecular complexity index is 1310. The highest BCUT2D eigenvalue weighted by Crippen LogP contribution is 2.51. The molecule has 0 saturated heterocycles. The van der Waals surface area contributed by atoms with Gasteiger partial charge in [0.2, 0.25) is 0 Å². The summed E-state index contributed by atoms with van der Waals surface area (Å²) in [5, 5.41) is -0.111. The molecule has 0 spiro atoms. The SMILES string of the molecule is COc1ccc2c(c1)CC1=C(c3cccc(CC(C)(C)[Si](C)(C)O)c3)c3cc(OC)ccc3CC12. The first-order valence-corrected chi connectivity index (χ1v) is 15.4. The van der Waals surface area contributed by atoms with Gasteiger partial charge >= 0.3 is 0 Å². The fraction of sp³-hybridized carbons (Fsp3) is 0.355. The summed E-state index contributed by atoms with van der Waals surface area (Å²) in [7, 11) is 1.16. The lowest BCUT2D eigenvalue weighted by Gasteiger charge is -2.35. The Morgan fingerprint density at radius 1 is 0.914 bits per heavy atom. The number of methoxy groups -OCH3 is 2. The van der Waals surface area contributed by atoms with Crippen LogP contribution in [0.4, 0.5) is 0 Å². The number of fused-ring (bicyclic) bond motifs is 4. The molecule has 3 aromatic rings. The predicted molar refractivity (Wildman–Crippen MR) is 146 cm³/mol. The van der Waals surface area contributed by atoms with E-state index in [1.807, 2.05) is 13.1 Å². The molecule has 0 amide bonds. The highest BCUT2D eigenvalue weighted by Gasteiger charge is 2.38. The molecule has 0 radical (unpaired) electrons. The number of ether oxygens (including phenoxy) is 2. The molecule has 0 fully saturated rings. The molecule has 4 heteroatoms. The second kappa shape index (κ2) is 8.68. The monoisotopic (exact) mass is 484 g/mol. The average Bonchev–Trinajstić information content (AvgIpc) is 3.18. The van der Waals surface area contributed by atoms with Gasteiger partial charge in [0.1, 0.15) is 11.5 Å². The predicted octanol–water partition coefficient (Wildman–Crippen LogP) is 6.92. The number of rotatable bonds is 6. The lowest BCUT2D eigenvalue weighted by molar-refractivity contribution is 0.414. The fourth-order valence-electron chi connectivity index (χ4n) is 5.60. The van der Waals surface area contributed by atoms with E-state index in [1.165, 1.54) is 44.5 Å². The van der Waals surface area contributed by atoms with Gasteiger partial charge in [-0.05, 0) is 106 Å². The van der Waals surface area contributed by atoms with Crippen molar-refractivity contribution in [2.24, 2.45) is 0 Å². The van der Waals surface area contributed by atoms with Gasteiger partial charge in [-0.25, -0.2) is 0 Å². The minimum absolute atomic E-state index is 0.111. The summed E-state index contributed by atoms with van der Waals surface area (Å²) in [5.74, 6) is 2.20. The minimum Gasteiger partial charge on any atom is -0.497 e. The molecule has 3 aromatic carbocycles. The van der Waals surface area contributed by atoms with Gasteiger partial charge in [0.15, 0.2) is 8.32 Å². The smallest absolute Gasteiger partial charge is 0.188 e. The van der Waals surface area contributed by atoms with Gasteiger partial charge in [-0.15, -0.1) is 0 Å². The van der Waals surface area contributed by atoms with Crippen LogP contribution >= 0.6 is 0 Å². The number of hydrogen-bond acceptors (Lipinski definition) is 3. The first kappa shape index (κ1) is 23.9. The summed E-state index contributed by atoms with van der Waals surface area (Å²) in [5.41, 5.74) is 10.8. The van der Waals surface area contributed by atoms with Gasteiger partial charge in [0.05, 0.1) is 14.2 Å². The van der Waals surface area contributed by atoms with Crippen LogP contribution in [-0.4, -0.2) is 27.3 Å². The zero-order chi connectivity index (χ0) is 25.0. The maximum absolute atomic E-state index is 10.9. The summed E-state index contributed by atoms with van der Waals surface area (Å²) >= 11 is 0. The fourth-order valence-corrected chi connectivity index (χ4v) is 6.24. The van der Waals surface area contributed by atoms with Crippen LogP contribution in [0.15, 0.2) is 66.2 Å². The molecule has 0 saturated carbocycles. The Morgan fingerprint density at radius 2 is 1.63 bits per heavy atom. The Labute approximate surface area is 210 Å². The second-order valence-electron chi connectivity index (χ2n) is 11.2. The van der Waals surface area contributed by atoms with Crippen molar-refractivity contribution in [3.63, 3.8) is 0 Å². The van der Waals surface area contributed by atoms with Crippen LogP contribution in [0.1, 0.15) is 53.1 Å². The van der Waals surface area contributed by atoms with Gasteiger partial charge in [0, 0.05) is 5.92 Å². The van der Waals surface area contributed by atoms with E-state index in [4.69, 9.17) is 9.47 Å². The van der Waals surface area contributed by atoms with Crippen molar-refractivity contribution in [2.45, 2.75) is 57.2 Å². The van der Waals surface area contributed by atoms with Crippen molar-refractivity contribution in [1.29, 1.82) is 0 Å². The van der Waals surface area contributed by atoms with Crippen LogP contribution in [0.2, 0.25) is 18.1 Å². The van der Waals surface area contributed by atoms with E-state index in [-0.39, 0.29) is 5.04 Å². The van der Waals surface area contributed by atoms with Gasteiger partial charge in [-0.2, -0.15) is 0 Å². The maximum atomic E-state index is 10.9. The molecule has 2 aliphatic rings. The Hall–Kier alpha value is -2.82. The van der Waals surface area contributed by atoms with Crippen LogP contribution in [0.5, 0.6) is 11.5 Å². The number of allylic oxidation sites excluding steroid dienone is 1. The standard InChI is InChI=1S/C31H36O3Si/c1-31(2,35(5,6)32)19-20-8-7-9-22(14-20)30-27-18-25(34-4)11-10-21(27)16-28-26-13-12-24(33-3)15-23(26)17-29(28)30/h7-15,18,28,32H,16-17,19H2,1-6H3. The molecule has 5 rings (SSSR count). The summed E-state index contributed by atoms with van der Waals surface area (Å²) in [6.07, 6.45) is 2.81. The van der Waals surface area contributed by atoms with Crippen molar-refractivity contribution in [1.82, 2.24) is 0 Å². The van der Waals surface area contributed by atoms with E-state index in [0.717, 1.165) is 30.8 Å². The van der Waals surface area contributed by atoms with Gasteiger partial charge in [-0.3, -0.25) is 0 Å². The molecule has 0 heterocycles. The van der Waals surface area contributed by atoms with Gasteiger partial charge in [-0.1, -0.05) is 50.2 Å². The molecule has 0 bridgehead atoms. The number of benzene rings is 3. The molecule has 1 unspecified atom stereocenters. The zero-order valence-corrected chi connectivity index (χ0v) is 22.7. The molecule has 0 aliphatic heterocycles. The van der Waals surface area contributed by atoms with Crippen LogP contribution in [0.25, 0.3) is 5.57 Å². The van der Waals surface area contributed by atoms with Gasteiger partial charge in [0.25, 0.3) is 0 Å². The summed E-state index contributed by atoms with van der Waals surface area (Å²) in [6.45, 7) is 8.48. The van der Waals surface area contributed by atoms with E-state index in [9.17, 15) is 4.80 Å². The third-order valence-corrected chi connectivity index (χ3v) is 11.9. The lowest BCUT2D eigenvalue weighted by atomic mass is 9.76. The highest BCUT2D eigenvalue weighted by atomic mass is 28.4. The molecular formula is C31H36O3Si. The molecule has 0 aromatic heterocycles. The maximum Gasteiger partial charge on any atom is 0.188 e. The molecule has 182 valence electrons. The average molecular weight is 485 g/mol. The summed E-state index contributed by atoms with van der Waals surface area (Å²) in [6, 6.07) is 22.0. The first-order chi connectivity index (χ1) is 16.6. The van der Waals surface area contributed by atoms with Crippen molar-refractivity contribution >= 4 is 13.9 Å². The van der Waals surface area contributed by atoms with E-state index >= 15 is 0 Å². The normalized spacial score (nSPS) is 17.1. The number of hydrogen-bond donors (Lipinski definition) is 1. The third-order valence-electron chi connectivity index (χ3n) is 8.38. The summed E-state index contributed by atoms with van der Waals surface area (Å²) in [4.78, 5) is 10.9. The highest BCUT2D eigenvalue weighted by molar-refractivity contribution is 6.72. The van der Waals surface area contributed by atoms with Crippen molar-refractivity contribution in [3.8, 4) is 11.5 Å². The third kappa shape index (κ3) is 4.23. The molecular weight excluding hydrogens is 448 g/mol. The molecule has 3 nitrogen and oxygen atoms in total. The Balaban J connectivity index is 1.66. The first-order valence-electron chi connectivity index (χ1n) is 12.5. The Kier molecular flexibility index (Phi) is 5.93. The molecule has 1 N–H and O–H groups in total. The van der Waals surface area contributed by atoms with E-state index in [1.54, 1.807) is 14.2 Å². The Morgan fingerprint density at radius 3 is 2.34 bits per heavy atom. The molecule has 2 aliphatic carbocycles. The van der Waals surface area contributed by atoms with Crippen molar-refractivity contribution in [3.05, 3.63) is 99.6 Å². The van der Waals surface area contributed by atoms with E-state index < -0.39 is 8.32 Å². The molecule has 35 heavy (non-hydrogen) atoms. The van der Waals surface area contributed by atoms with Crippen molar-refractivity contribution < 1.29 is 14.3 Å². The van der Waals surface area contributed by atoms with Gasteiger partial charge < -0.3 is 14.3 Å². The van der Waals surface area contributed by atoms with Crippen LogP contribution in [0, 0.1) is 0 Å². The molecule has 1 atom stereocenters. The quantitative estimate of drug-likeness (QED) is 0.386. The lowest BCUT2D eigenvalue weighted by Crippen LogP contribution is -2.40. The second-order valence-corrected chi connectivity index (χ2v) is 15.7. The van der Waals surface area contributed by atoms with Crippen LogP contribution in [-0.2, 0) is 19.3 Å². The van der Waals surface area contributed by atoms with E-state index in [2.05, 4.69) is 74.5 Å². The topological polar surface area (TPSA) is 38.7 Å². The summed E-state index contributed by atoms with van der Waals surface area (Å²) < 4.78 is 11.2. The van der Waals surface area contributed by atoms with E-state index in [0.29, 0.717) is 5.92 Å².